The van der Waals surface area contributed by atoms with Crippen molar-refractivity contribution in [1.29, 1.82) is 5.26 Å². The lowest BCUT2D eigenvalue weighted by atomic mass is 10.1. The minimum Gasteiger partial charge on any atom is -0.395 e. The van der Waals surface area contributed by atoms with Crippen LogP contribution in [-0.2, 0) is 0 Å². The highest BCUT2D eigenvalue weighted by molar-refractivity contribution is 5.63. The zero-order chi connectivity index (χ0) is 12.0. The van der Waals surface area contributed by atoms with Gasteiger partial charge in [-0.25, -0.2) is 0 Å². The molecule has 0 heterocycles. The van der Waals surface area contributed by atoms with Crippen LogP contribution in [0.3, 0.4) is 0 Å². The highest BCUT2D eigenvalue weighted by Gasteiger charge is 2.12. The lowest BCUT2D eigenvalue weighted by Crippen LogP contribution is -2.28. The fourth-order valence-electron chi connectivity index (χ4n) is 1.89. The van der Waals surface area contributed by atoms with Crippen molar-refractivity contribution >= 4 is 5.69 Å². The number of nitriles is 1. The Balaban J connectivity index is 3.11. The number of anilines is 1. The number of aliphatic hydroxyl groups excluding tert-OH is 1. The molecule has 0 fully saturated rings. The molecule has 1 aromatic rings. The van der Waals surface area contributed by atoms with Gasteiger partial charge >= 0.3 is 0 Å². The molecule has 0 aliphatic heterocycles. The first-order chi connectivity index (χ1) is 7.74. The standard InChI is InChI=1S/C13H18N2O/c1-3-7-15(8-9-16)13-11(2)5-4-6-12(13)10-14/h4-6,16H,3,7-9H2,1-2H3. The van der Waals surface area contributed by atoms with Crippen molar-refractivity contribution in [2.24, 2.45) is 0 Å². The van der Waals surface area contributed by atoms with Crippen LogP contribution in [0.1, 0.15) is 24.5 Å². The van der Waals surface area contributed by atoms with E-state index in [1.54, 1.807) is 0 Å². The number of para-hydroxylation sites is 1. The van der Waals surface area contributed by atoms with Gasteiger partial charge in [-0.1, -0.05) is 19.1 Å². The summed E-state index contributed by atoms with van der Waals surface area (Å²) in [6.07, 6.45) is 0.999. The Kier molecular flexibility index (Phi) is 4.81. The van der Waals surface area contributed by atoms with E-state index >= 15 is 0 Å². The molecule has 0 radical (unpaired) electrons. The predicted molar refractivity (Wildman–Crippen MR) is 65.5 cm³/mol. The minimum absolute atomic E-state index is 0.110. The molecule has 0 atom stereocenters. The van der Waals surface area contributed by atoms with Gasteiger partial charge in [0.05, 0.1) is 17.9 Å². The van der Waals surface area contributed by atoms with Crippen LogP contribution < -0.4 is 4.90 Å². The SMILES string of the molecule is CCCN(CCO)c1c(C)cccc1C#N. The third kappa shape index (κ3) is 2.74. The largest absolute Gasteiger partial charge is 0.395 e. The molecule has 3 nitrogen and oxygen atoms in total. The third-order valence-corrected chi connectivity index (χ3v) is 2.54. The van der Waals surface area contributed by atoms with Crippen molar-refractivity contribution < 1.29 is 5.11 Å². The monoisotopic (exact) mass is 218 g/mol. The van der Waals surface area contributed by atoms with Crippen molar-refractivity contribution in [3.8, 4) is 6.07 Å². The number of benzene rings is 1. The Bertz CT molecular complexity index is 376. The van der Waals surface area contributed by atoms with E-state index in [9.17, 15) is 0 Å². The van der Waals surface area contributed by atoms with E-state index in [-0.39, 0.29) is 6.61 Å². The van der Waals surface area contributed by atoms with Gasteiger partial charge in [-0.2, -0.15) is 5.26 Å². The van der Waals surface area contributed by atoms with E-state index in [0.29, 0.717) is 12.1 Å². The van der Waals surface area contributed by atoms with E-state index in [1.807, 2.05) is 25.1 Å². The topological polar surface area (TPSA) is 47.3 Å². The molecule has 0 bridgehead atoms. The molecule has 16 heavy (non-hydrogen) atoms. The highest BCUT2D eigenvalue weighted by Crippen LogP contribution is 2.24. The lowest BCUT2D eigenvalue weighted by molar-refractivity contribution is 0.302. The van der Waals surface area contributed by atoms with Crippen LogP contribution in [0.4, 0.5) is 5.69 Å². The quantitative estimate of drug-likeness (QED) is 0.823. The van der Waals surface area contributed by atoms with E-state index < -0.39 is 0 Å². The summed E-state index contributed by atoms with van der Waals surface area (Å²) >= 11 is 0. The molecule has 0 amide bonds. The normalized spacial score (nSPS) is 9.88. The van der Waals surface area contributed by atoms with Crippen molar-refractivity contribution in [2.75, 3.05) is 24.6 Å². The smallest absolute Gasteiger partial charge is 0.101 e. The van der Waals surface area contributed by atoms with Gasteiger partial charge in [0.15, 0.2) is 0 Å². The number of hydrogen-bond donors (Lipinski definition) is 1. The van der Waals surface area contributed by atoms with Crippen LogP contribution in [0.2, 0.25) is 0 Å². The Morgan fingerprint density at radius 2 is 2.12 bits per heavy atom. The van der Waals surface area contributed by atoms with Gasteiger partial charge < -0.3 is 10.0 Å². The summed E-state index contributed by atoms with van der Waals surface area (Å²) in [5.74, 6) is 0. The summed E-state index contributed by atoms with van der Waals surface area (Å²) in [4.78, 5) is 2.08. The highest BCUT2D eigenvalue weighted by atomic mass is 16.3. The van der Waals surface area contributed by atoms with Gasteiger partial charge in [0.1, 0.15) is 6.07 Å². The zero-order valence-electron chi connectivity index (χ0n) is 9.90. The maximum Gasteiger partial charge on any atom is 0.101 e. The van der Waals surface area contributed by atoms with Gasteiger partial charge in [-0.3, -0.25) is 0 Å². The molecule has 0 saturated heterocycles. The molecule has 0 spiro atoms. The minimum atomic E-state index is 0.110. The van der Waals surface area contributed by atoms with E-state index in [2.05, 4.69) is 17.9 Å². The molecule has 0 aliphatic carbocycles. The molecule has 0 aromatic heterocycles. The van der Waals surface area contributed by atoms with E-state index in [0.717, 1.165) is 24.2 Å². The molecule has 1 rings (SSSR count). The second-order valence-corrected chi connectivity index (χ2v) is 3.79. The summed E-state index contributed by atoms with van der Waals surface area (Å²) < 4.78 is 0. The van der Waals surface area contributed by atoms with Crippen molar-refractivity contribution in [3.05, 3.63) is 29.3 Å². The van der Waals surface area contributed by atoms with Crippen molar-refractivity contribution in [3.63, 3.8) is 0 Å². The molecule has 3 heteroatoms. The van der Waals surface area contributed by atoms with Crippen LogP contribution in [-0.4, -0.2) is 24.8 Å². The van der Waals surface area contributed by atoms with Gasteiger partial charge in [-0.05, 0) is 25.0 Å². The Labute approximate surface area is 96.9 Å². The Hall–Kier alpha value is -1.53. The van der Waals surface area contributed by atoms with E-state index in [4.69, 9.17) is 10.4 Å². The molecule has 86 valence electrons. The van der Waals surface area contributed by atoms with Gasteiger partial charge in [0.25, 0.3) is 0 Å². The van der Waals surface area contributed by atoms with E-state index in [1.165, 1.54) is 0 Å². The van der Waals surface area contributed by atoms with Gasteiger partial charge in [0, 0.05) is 13.1 Å². The number of rotatable bonds is 5. The lowest BCUT2D eigenvalue weighted by Gasteiger charge is -2.26. The third-order valence-electron chi connectivity index (χ3n) is 2.54. The summed E-state index contributed by atoms with van der Waals surface area (Å²) in [6.45, 7) is 5.64. The Morgan fingerprint density at radius 1 is 1.38 bits per heavy atom. The average Bonchev–Trinajstić information content (AvgIpc) is 2.28. The maximum absolute atomic E-state index is 9.09. The summed E-state index contributed by atoms with van der Waals surface area (Å²) in [7, 11) is 0. The first-order valence-electron chi connectivity index (χ1n) is 5.60. The first-order valence-corrected chi connectivity index (χ1v) is 5.60. The van der Waals surface area contributed by atoms with Crippen LogP contribution in [0.25, 0.3) is 0 Å². The van der Waals surface area contributed by atoms with Crippen LogP contribution in [0.15, 0.2) is 18.2 Å². The maximum atomic E-state index is 9.09. The van der Waals surface area contributed by atoms with Crippen LogP contribution in [0.5, 0.6) is 0 Å². The molecule has 0 aliphatic rings. The number of nitrogens with zero attached hydrogens (tertiary/aromatic N) is 2. The van der Waals surface area contributed by atoms with Crippen molar-refractivity contribution in [2.45, 2.75) is 20.3 Å². The molecule has 1 aromatic carbocycles. The Morgan fingerprint density at radius 3 is 2.69 bits per heavy atom. The zero-order valence-corrected chi connectivity index (χ0v) is 9.90. The summed E-state index contributed by atoms with van der Waals surface area (Å²) in [6, 6.07) is 7.92. The molecule has 0 unspecified atom stereocenters. The fraction of sp³-hybridized carbons (Fsp3) is 0.462. The summed E-state index contributed by atoms with van der Waals surface area (Å²) in [5.41, 5.74) is 2.73. The molecular formula is C13H18N2O. The van der Waals surface area contributed by atoms with Crippen LogP contribution >= 0.6 is 0 Å². The first kappa shape index (κ1) is 12.5. The number of aliphatic hydroxyl groups is 1. The molecule has 0 saturated carbocycles. The molecule has 1 N–H and O–H groups in total. The average molecular weight is 218 g/mol. The predicted octanol–water partition coefficient (Wildman–Crippen LogP) is 2.08. The van der Waals surface area contributed by atoms with Gasteiger partial charge in [0.2, 0.25) is 0 Å². The second-order valence-electron chi connectivity index (χ2n) is 3.79. The van der Waals surface area contributed by atoms with Crippen LogP contribution in [0, 0.1) is 18.3 Å². The summed E-state index contributed by atoms with van der Waals surface area (Å²) in [5, 5.41) is 18.1. The number of hydrogen-bond acceptors (Lipinski definition) is 3. The van der Waals surface area contributed by atoms with Crippen molar-refractivity contribution in [1.82, 2.24) is 0 Å². The second kappa shape index (κ2) is 6.14. The molecular weight excluding hydrogens is 200 g/mol. The van der Waals surface area contributed by atoms with Gasteiger partial charge in [-0.15, -0.1) is 0 Å². The fourth-order valence-corrected chi connectivity index (χ4v) is 1.89. The number of aryl methyl sites for hydroxylation is 1.